The van der Waals surface area contributed by atoms with E-state index in [1.54, 1.807) is 27.7 Å². The number of hydrogen-bond acceptors (Lipinski definition) is 4. The van der Waals surface area contributed by atoms with Crippen molar-refractivity contribution in [3.05, 3.63) is 11.6 Å². The molecule has 0 aromatic rings. The van der Waals surface area contributed by atoms with Gasteiger partial charge in [-0.05, 0) is 27.7 Å². The molecule has 0 aromatic carbocycles. The summed E-state index contributed by atoms with van der Waals surface area (Å²) < 4.78 is 27.2. The molecule has 0 bridgehead atoms. The Bertz CT molecular complexity index is 238. The van der Waals surface area contributed by atoms with Crippen molar-refractivity contribution in [2.75, 3.05) is 6.61 Å². The normalized spacial score (nSPS) is 12.5. The van der Waals surface area contributed by atoms with E-state index in [1.165, 1.54) is 0 Å². The van der Waals surface area contributed by atoms with Crippen molar-refractivity contribution < 1.29 is 18.1 Å². The Morgan fingerprint density at radius 1 is 1.27 bits per heavy atom. The minimum absolute atomic E-state index is 0.0573. The van der Waals surface area contributed by atoms with Crippen molar-refractivity contribution in [2.24, 2.45) is 0 Å². The van der Waals surface area contributed by atoms with Crippen molar-refractivity contribution in [3.63, 3.8) is 0 Å². The maximum Gasteiger partial charge on any atom is 0.475 e. The first-order valence-electron chi connectivity index (χ1n) is 4.70. The van der Waals surface area contributed by atoms with Crippen LogP contribution < -0.4 is 0 Å². The molecule has 4 nitrogen and oxygen atoms in total. The standard InChI is InChI=1S/C9H18ClO4P/c1-7(2)13-15(11,14-8(3)4)12-6-9(5)10/h7-8H,5-6H2,1-4H3. The predicted octanol–water partition coefficient (Wildman–Crippen LogP) is 3.71. The SMILES string of the molecule is C=C(Cl)COP(=O)(OC(C)C)OC(C)C. The molecule has 6 heteroatoms. The third-order valence-corrected chi connectivity index (χ3v) is 2.97. The highest BCUT2D eigenvalue weighted by Crippen LogP contribution is 2.51. The molecule has 0 aliphatic heterocycles. The number of phosphoric acid groups is 1. The van der Waals surface area contributed by atoms with Crippen LogP contribution in [0.2, 0.25) is 0 Å². The van der Waals surface area contributed by atoms with Gasteiger partial charge in [-0.3, -0.25) is 13.6 Å². The second-order valence-electron chi connectivity index (χ2n) is 3.55. The highest BCUT2D eigenvalue weighted by atomic mass is 35.5. The molecule has 15 heavy (non-hydrogen) atoms. The summed E-state index contributed by atoms with van der Waals surface area (Å²) >= 11 is 5.51. The van der Waals surface area contributed by atoms with E-state index in [0.29, 0.717) is 0 Å². The first kappa shape index (κ1) is 15.1. The molecule has 0 saturated carbocycles. The van der Waals surface area contributed by atoms with E-state index in [9.17, 15) is 4.57 Å². The predicted molar refractivity (Wildman–Crippen MR) is 61.0 cm³/mol. The van der Waals surface area contributed by atoms with Crippen molar-refractivity contribution >= 4 is 19.4 Å². The number of phosphoric ester groups is 1. The van der Waals surface area contributed by atoms with E-state index in [2.05, 4.69) is 6.58 Å². The largest absolute Gasteiger partial charge is 0.475 e. The minimum Gasteiger partial charge on any atom is -0.284 e. The molecular formula is C9H18ClO4P. The number of rotatable bonds is 7. The maximum atomic E-state index is 12.0. The molecule has 0 saturated heterocycles. The second-order valence-corrected chi connectivity index (χ2v) is 5.66. The number of hydrogen-bond donors (Lipinski definition) is 0. The summed E-state index contributed by atoms with van der Waals surface area (Å²) in [5.74, 6) is 0. The Balaban J connectivity index is 4.40. The third-order valence-electron chi connectivity index (χ3n) is 1.06. The van der Waals surface area contributed by atoms with Gasteiger partial charge in [-0.2, -0.15) is 0 Å². The van der Waals surface area contributed by atoms with Crippen LogP contribution in [0.4, 0.5) is 0 Å². The van der Waals surface area contributed by atoms with Crippen LogP contribution in [-0.4, -0.2) is 18.8 Å². The summed E-state index contributed by atoms with van der Waals surface area (Å²) in [4.78, 5) is 0. The molecule has 0 atom stereocenters. The van der Waals surface area contributed by atoms with Gasteiger partial charge < -0.3 is 0 Å². The highest BCUT2D eigenvalue weighted by Gasteiger charge is 2.29. The van der Waals surface area contributed by atoms with Crippen LogP contribution in [0.5, 0.6) is 0 Å². The highest BCUT2D eigenvalue weighted by molar-refractivity contribution is 7.48. The van der Waals surface area contributed by atoms with Gasteiger partial charge in [-0.15, -0.1) is 0 Å². The zero-order chi connectivity index (χ0) is 12.1. The summed E-state index contributed by atoms with van der Waals surface area (Å²) in [5.41, 5.74) is 0. The molecule has 0 unspecified atom stereocenters. The van der Waals surface area contributed by atoms with Crippen LogP contribution in [-0.2, 0) is 18.1 Å². The lowest BCUT2D eigenvalue weighted by molar-refractivity contribution is 0.0778. The zero-order valence-corrected chi connectivity index (χ0v) is 11.2. The van der Waals surface area contributed by atoms with Crippen LogP contribution in [0.3, 0.4) is 0 Å². The summed E-state index contributed by atoms with van der Waals surface area (Å²) in [5, 5.41) is 0.245. The van der Waals surface area contributed by atoms with Gasteiger partial charge in [0, 0.05) is 5.03 Å². The van der Waals surface area contributed by atoms with Crippen molar-refractivity contribution in [1.82, 2.24) is 0 Å². The fraction of sp³-hybridized carbons (Fsp3) is 0.778. The fourth-order valence-corrected chi connectivity index (χ4v) is 2.40. The Morgan fingerprint density at radius 3 is 1.93 bits per heavy atom. The Kier molecular flexibility index (Phi) is 6.73. The van der Waals surface area contributed by atoms with Gasteiger partial charge in [-0.25, -0.2) is 4.57 Å². The molecule has 0 radical (unpaired) electrons. The summed E-state index contributed by atoms with van der Waals surface area (Å²) in [6.45, 7) is 10.3. The van der Waals surface area contributed by atoms with Crippen molar-refractivity contribution in [1.29, 1.82) is 0 Å². The van der Waals surface area contributed by atoms with Crippen molar-refractivity contribution in [3.8, 4) is 0 Å². The molecule has 0 aliphatic rings. The van der Waals surface area contributed by atoms with Crippen LogP contribution in [0, 0.1) is 0 Å². The van der Waals surface area contributed by atoms with E-state index in [-0.39, 0.29) is 23.8 Å². The second kappa shape index (κ2) is 6.66. The lowest BCUT2D eigenvalue weighted by Gasteiger charge is -2.21. The summed E-state index contributed by atoms with van der Waals surface area (Å²) in [6.07, 6.45) is -0.503. The molecule has 0 aliphatic carbocycles. The minimum atomic E-state index is -3.53. The van der Waals surface area contributed by atoms with E-state index < -0.39 is 7.82 Å². The molecule has 0 spiro atoms. The molecule has 90 valence electrons. The van der Waals surface area contributed by atoms with Crippen LogP contribution >= 0.6 is 19.4 Å². The van der Waals surface area contributed by atoms with Gasteiger partial charge in [0.1, 0.15) is 0 Å². The van der Waals surface area contributed by atoms with E-state index in [0.717, 1.165) is 0 Å². The molecule has 0 N–H and O–H groups in total. The molecule has 0 amide bonds. The lowest BCUT2D eigenvalue weighted by Crippen LogP contribution is -2.10. The number of halogens is 1. The van der Waals surface area contributed by atoms with Crippen LogP contribution in [0.1, 0.15) is 27.7 Å². The Morgan fingerprint density at radius 2 is 1.67 bits per heavy atom. The Labute approximate surface area is 96.2 Å². The average molecular weight is 257 g/mol. The van der Waals surface area contributed by atoms with Crippen molar-refractivity contribution in [2.45, 2.75) is 39.9 Å². The maximum absolute atomic E-state index is 12.0. The summed E-state index contributed by atoms with van der Waals surface area (Å²) in [7, 11) is -3.53. The van der Waals surface area contributed by atoms with Crippen LogP contribution in [0.25, 0.3) is 0 Å². The average Bonchev–Trinajstić information content (AvgIpc) is 1.97. The first-order valence-corrected chi connectivity index (χ1v) is 6.53. The molecule has 0 rings (SSSR count). The molecule has 0 heterocycles. The van der Waals surface area contributed by atoms with E-state index in [4.69, 9.17) is 25.2 Å². The topological polar surface area (TPSA) is 44.8 Å². The van der Waals surface area contributed by atoms with Crippen LogP contribution in [0.15, 0.2) is 11.6 Å². The first-order chi connectivity index (χ1) is 6.75. The Hall–Kier alpha value is 0.140. The van der Waals surface area contributed by atoms with Gasteiger partial charge in [0.25, 0.3) is 0 Å². The summed E-state index contributed by atoms with van der Waals surface area (Å²) in [6, 6.07) is 0. The van der Waals surface area contributed by atoms with E-state index >= 15 is 0 Å². The van der Waals surface area contributed by atoms with Gasteiger partial charge in [0.2, 0.25) is 0 Å². The van der Waals surface area contributed by atoms with Gasteiger partial charge >= 0.3 is 7.82 Å². The molecule has 0 aromatic heterocycles. The third kappa shape index (κ3) is 8.00. The van der Waals surface area contributed by atoms with Gasteiger partial charge in [0.05, 0.1) is 18.8 Å². The van der Waals surface area contributed by atoms with E-state index in [1.807, 2.05) is 0 Å². The quantitative estimate of drug-likeness (QED) is 0.651. The smallest absolute Gasteiger partial charge is 0.284 e. The van der Waals surface area contributed by atoms with Gasteiger partial charge in [0.15, 0.2) is 0 Å². The molecule has 0 fully saturated rings. The monoisotopic (exact) mass is 256 g/mol. The fourth-order valence-electron chi connectivity index (χ4n) is 0.751. The van der Waals surface area contributed by atoms with Gasteiger partial charge in [-0.1, -0.05) is 18.2 Å². The lowest BCUT2D eigenvalue weighted by atomic mass is 10.5. The molecular weight excluding hydrogens is 239 g/mol. The zero-order valence-electron chi connectivity index (χ0n) is 9.53.